The maximum absolute atomic E-state index is 12.5. The zero-order chi connectivity index (χ0) is 20.0. The topological polar surface area (TPSA) is 72.2 Å². The van der Waals surface area contributed by atoms with Crippen LogP contribution < -0.4 is 5.32 Å². The van der Waals surface area contributed by atoms with Gasteiger partial charge in [-0.25, -0.2) is 0 Å². The normalized spacial score (nSPS) is 13.6. The van der Waals surface area contributed by atoms with Crippen molar-refractivity contribution in [2.24, 2.45) is 0 Å². The lowest BCUT2D eigenvalue weighted by atomic mass is 9.98. The van der Waals surface area contributed by atoms with Crippen LogP contribution in [0.25, 0.3) is 28.2 Å². The first-order chi connectivity index (χ1) is 14.1. The van der Waals surface area contributed by atoms with Crippen molar-refractivity contribution in [3.63, 3.8) is 0 Å². The van der Waals surface area contributed by atoms with Gasteiger partial charge in [0.05, 0.1) is 0 Å². The lowest BCUT2D eigenvalue weighted by Crippen LogP contribution is -2.25. The standard InChI is InChI=1S/C23H21N5O/c1-14-5-6-17(23(29)25-18-7-8-18)12-20(14)16-9-11-28-21(13-16)26-27-22(28)19-4-3-10-24-15(19)2/h3-6,9-13,18H,7-8H2,1-2H3,(H,25,29). The van der Waals surface area contributed by atoms with Crippen LogP contribution in [0.15, 0.2) is 54.9 Å². The molecule has 3 heterocycles. The molecule has 1 aliphatic rings. The number of nitrogens with zero attached hydrogens (tertiary/aromatic N) is 4. The van der Waals surface area contributed by atoms with Crippen LogP contribution in [-0.2, 0) is 0 Å². The van der Waals surface area contributed by atoms with Gasteiger partial charge in [0.2, 0.25) is 0 Å². The number of pyridine rings is 2. The highest BCUT2D eigenvalue weighted by molar-refractivity contribution is 5.96. The maximum atomic E-state index is 12.5. The van der Waals surface area contributed by atoms with Gasteiger partial charge < -0.3 is 5.32 Å². The van der Waals surface area contributed by atoms with Gasteiger partial charge in [0, 0.05) is 35.3 Å². The summed E-state index contributed by atoms with van der Waals surface area (Å²) in [4.78, 5) is 16.8. The Morgan fingerprint density at radius 2 is 1.93 bits per heavy atom. The monoisotopic (exact) mass is 383 g/mol. The van der Waals surface area contributed by atoms with E-state index in [0.29, 0.717) is 11.6 Å². The van der Waals surface area contributed by atoms with Crippen molar-refractivity contribution in [3.05, 3.63) is 71.7 Å². The number of aromatic nitrogens is 4. The number of carbonyl (C=O) groups excluding carboxylic acids is 1. The predicted molar refractivity (Wildman–Crippen MR) is 112 cm³/mol. The van der Waals surface area contributed by atoms with Crippen LogP contribution >= 0.6 is 0 Å². The number of carbonyl (C=O) groups is 1. The molecule has 5 rings (SSSR count). The summed E-state index contributed by atoms with van der Waals surface area (Å²) in [5.41, 5.74) is 6.47. The fourth-order valence-corrected chi connectivity index (χ4v) is 3.53. The van der Waals surface area contributed by atoms with Gasteiger partial charge >= 0.3 is 0 Å². The lowest BCUT2D eigenvalue weighted by Gasteiger charge is -2.10. The maximum Gasteiger partial charge on any atom is 0.251 e. The molecule has 0 atom stereocenters. The molecule has 0 unspecified atom stereocenters. The Labute approximate surface area is 168 Å². The van der Waals surface area contributed by atoms with Gasteiger partial charge in [-0.2, -0.15) is 0 Å². The van der Waals surface area contributed by atoms with Crippen molar-refractivity contribution in [3.8, 4) is 22.5 Å². The molecular formula is C23H21N5O. The molecule has 3 aromatic heterocycles. The minimum absolute atomic E-state index is 0.00774. The fraction of sp³-hybridized carbons (Fsp3) is 0.217. The van der Waals surface area contributed by atoms with E-state index in [1.807, 2.05) is 60.0 Å². The molecule has 29 heavy (non-hydrogen) atoms. The Morgan fingerprint density at radius 3 is 2.72 bits per heavy atom. The molecule has 144 valence electrons. The summed E-state index contributed by atoms with van der Waals surface area (Å²) >= 11 is 0. The van der Waals surface area contributed by atoms with Crippen LogP contribution in [0.1, 0.15) is 34.5 Å². The number of aryl methyl sites for hydroxylation is 2. The van der Waals surface area contributed by atoms with E-state index in [1.165, 1.54) is 0 Å². The average molecular weight is 383 g/mol. The van der Waals surface area contributed by atoms with Gasteiger partial charge in [0.25, 0.3) is 5.91 Å². The molecule has 1 aromatic carbocycles. The largest absolute Gasteiger partial charge is 0.349 e. The third kappa shape index (κ3) is 3.27. The molecule has 1 fully saturated rings. The Bertz CT molecular complexity index is 1240. The Balaban J connectivity index is 1.54. The second-order valence-electron chi connectivity index (χ2n) is 7.58. The zero-order valence-corrected chi connectivity index (χ0v) is 16.4. The number of nitrogens with one attached hydrogen (secondary N) is 1. The molecule has 0 radical (unpaired) electrons. The van der Waals surface area contributed by atoms with E-state index in [1.54, 1.807) is 6.20 Å². The van der Waals surface area contributed by atoms with E-state index >= 15 is 0 Å². The summed E-state index contributed by atoms with van der Waals surface area (Å²) in [5.74, 6) is 0.762. The highest BCUT2D eigenvalue weighted by atomic mass is 16.1. The molecule has 0 saturated heterocycles. The molecule has 4 aromatic rings. The highest BCUT2D eigenvalue weighted by Gasteiger charge is 2.24. The number of hydrogen-bond acceptors (Lipinski definition) is 4. The number of benzene rings is 1. The van der Waals surface area contributed by atoms with Crippen molar-refractivity contribution in [1.82, 2.24) is 24.9 Å². The molecule has 6 nitrogen and oxygen atoms in total. The van der Waals surface area contributed by atoms with Crippen LogP contribution in [0.4, 0.5) is 0 Å². The molecule has 1 N–H and O–H groups in total. The fourth-order valence-electron chi connectivity index (χ4n) is 3.53. The van der Waals surface area contributed by atoms with Crippen molar-refractivity contribution in [1.29, 1.82) is 0 Å². The van der Waals surface area contributed by atoms with Crippen molar-refractivity contribution < 1.29 is 4.79 Å². The highest BCUT2D eigenvalue weighted by Crippen LogP contribution is 2.28. The Hall–Kier alpha value is -3.54. The summed E-state index contributed by atoms with van der Waals surface area (Å²) in [5, 5.41) is 11.8. The van der Waals surface area contributed by atoms with Crippen molar-refractivity contribution in [2.75, 3.05) is 0 Å². The van der Waals surface area contributed by atoms with Crippen LogP contribution in [0.3, 0.4) is 0 Å². The minimum atomic E-state index is -0.00774. The number of rotatable bonds is 4. The van der Waals surface area contributed by atoms with Gasteiger partial charge in [-0.1, -0.05) is 6.07 Å². The first-order valence-corrected chi connectivity index (χ1v) is 9.79. The van der Waals surface area contributed by atoms with Crippen molar-refractivity contribution >= 4 is 11.6 Å². The molecule has 0 aliphatic heterocycles. The summed E-state index contributed by atoms with van der Waals surface area (Å²) < 4.78 is 1.96. The van der Waals surface area contributed by atoms with Crippen LogP contribution in [0.2, 0.25) is 0 Å². The van der Waals surface area contributed by atoms with Gasteiger partial charge in [0.15, 0.2) is 11.5 Å². The van der Waals surface area contributed by atoms with E-state index in [0.717, 1.165) is 52.3 Å². The number of amides is 1. The van der Waals surface area contributed by atoms with Crippen LogP contribution in [0.5, 0.6) is 0 Å². The minimum Gasteiger partial charge on any atom is -0.349 e. The zero-order valence-electron chi connectivity index (χ0n) is 16.4. The van der Waals surface area contributed by atoms with Gasteiger partial charge in [-0.05, 0) is 79.8 Å². The van der Waals surface area contributed by atoms with Gasteiger partial charge in [0.1, 0.15) is 0 Å². The van der Waals surface area contributed by atoms with Crippen LogP contribution in [-0.4, -0.2) is 31.5 Å². The third-order valence-corrected chi connectivity index (χ3v) is 5.38. The van der Waals surface area contributed by atoms with Gasteiger partial charge in [-0.15, -0.1) is 10.2 Å². The first kappa shape index (κ1) is 17.6. The van der Waals surface area contributed by atoms with E-state index in [2.05, 4.69) is 27.4 Å². The smallest absolute Gasteiger partial charge is 0.251 e. The van der Waals surface area contributed by atoms with E-state index in [4.69, 9.17) is 0 Å². The van der Waals surface area contributed by atoms with E-state index in [-0.39, 0.29) is 5.91 Å². The molecule has 1 aliphatic carbocycles. The van der Waals surface area contributed by atoms with E-state index < -0.39 is 0 Å². The predicted octanol–water partition coefficient (Wildman–Crippen LogP) is 3.97. The quantitative estimate of drug-likeness (QED) is 0.579. The summed E-state index contributed by atoms with van der Waals surface area (Å²) in [6, 6.07) is 14.1. The summed E-state index contributed by atoms with van der Waals surface area (Å²) in [6.45, 7) is 4.02. The molecule has 1 amide bonds. The molecular weight excluding hydrogens is 362 g/mol. The van der Waals surface area contributed by atoms with Crippen molar-refractivity contribution in [2.45, 2.75) is 32.7 Å². The second-order valence-corrected chi connectivity index (χ2v) is 7.58. The first-order valence-electron chi connectivity index (χ1n) is 9.79. The second kappa shape index (κ2) is 6.81. The number of hydrogen-bond donors (Lipinski definition) is 1. The Morgan fingerprint density at radius 1 is 1.07 bits per heavy atom. The lowest BCUT2D eigenvalue weighted by molar-refractivity contribution is 0.0951. The molecule has 0 bridgehead atoms. The molecule has 0 spiro atoms. The van der Waals surface area contributed by atoms with E-state index in [9.17, 15) is 4.79 Å². The average Bonchev–Trinajstić information content (AvgIpc) is 3.44. The Kier molecular flexibility index (Phi) is 4.12. The summed E-state index contributed by atoms with van der Waals surface area (Å²) in [6.07, 6.45) is 5.90. The van der Waals surface area contributed by atoms with Crippen LogP contribution in [0, 0.1) is 13.8 Å². The molecule has 1 saturated carbocycles. The van der Waals surface area contributed by atoms with Gasteiger partial charge in [-0.3, -0.25) is 14.2 Å². The third-order valence-electron chi connectivity index (χ3n) is 5.38. The SMILES string of the molecule is Cc1ccc(C(=O)NC2CC2)cc1-c1ccn2c(-c3cccnc3C)nnc2c1. The number of fused-ring (bicyclic) bond motifs is 1. The molecule has 6 heteroatoms. The summed E-state index contributed by atoms with van der Waals surface area (Å²) in [7, 11) is 0.